The Labute approximate surface area is 137 Å². The van der Waals surface area contributed by atoms with Crippen molar-refractivity contribution in [2.75, 3.05) is 0 Å². The van der Waals surface area contributed by atoms with E-state index in [1.54, 1.807) is 17.1 Å². The van der Waals surface area contributed by atoms with Gasteiger partial charge in [0.25, 0.3) is 0 Å². The summed E-state index contributed by atoms with van der Waals surface area (Å²) >= 11 is 0. The zero-order chi connectivity index (χ0) is 16.4. The molecule has 0 fully saturated rings. The highest BCUT2D eigenvalue weighted by atomic mass is 16.5. The van der Waals surface area contributed by atoms with Crippen LogP contribution >= 0.6 is 0 Å². The van der Waals surface area contributed by atoms with E-state index >= 15 is 0 Å². The molecule has 0 bridgehead atoms. The van der Waals surface area contributed by atoms with E-state index in [2.05, 4.69) is 10.1 Å². The van der Waals surface area contributed by atoms with Crippen molar-refractivity contribution < 1.29 is 13.9 Å². The lowest BCUT2D eigenvalue weighted by atomic mass is 10.1. The molecule has 2 heterocycles. The summed E-state index contributed by atoms with van der Waals surface area (Å²) in [6.07, 6.45) is 4.08. The molecule has 2 aromatic carbocycles. The molecule has 6 heteroatoms. The second-order valence-corrected chi connectivity index (χ2v) is 5.49. The Bertz CT molecular complexity index is 989. The van der Waals surface area contributed by atoms with Crippen LogP contribution < -0.4 is 4.74 Å². The first-order valence-corrected chi connectivity index (χ1v) is 7.74. The number of hydrogen-bond donors (Lipinski definition) is 0. The van der Waals surface area contributed by atoms with E-state index in [9.17, 15) is 4.79 Å². The number of hydrogen-bond acceptors (Lipinski definition) is 5. The average Bonchev–Trinajstić information content (AvgIpc) is 3.22. The third-order valence-corrected chi connectivity index (χ3v) is 3.81. The second-order valence-electron chi connectivity index (χ2n) is 5.49. The number of furan rings is 1. The van der Waals surface area contributed by atoms with E-state index in [1.807, 2.05) is 36.4 Å². The van der Waals surface area contributed by atoms with Crippen LogP contribution in [-0.4, -0.2) is 20.7 Å². The SMILES string of the molecule is O=C(CCCn1cncn1)Oc1ccc2oc3ccccc3c2c1. The van der Waals surface area contributed by atoms with Gasteiger partial charge in [-0.1, -0.05) is 18.2 Å². The molecule has 0 atom stereocenters. The normalized spacial score (nSPS) is 11.2. The van der Waals surface area contributed by atoms with E-state index < -0.39 is 0 Å². The molecule has 0 aliphatic carbocycles. The van der Waals surface area contributed by atoms with E-state index in [0.29, 0.717) is 25.1 Å². The van der Waals surface area contributed by atoms with Crippen molar-refractivity contribution in [1.82, 2.24) is 14.8 Å². The molecule has 4 aromatic rings. The first-order valence-electron chi connectivity index (χ1n) is 7.74. The highest BCUT2D eigenvalue weighted by molar-refractivity contribution is 6.05. The molecule has 0 amide bonds. The summed E-state index contributed by atoms with van der Waals surface area (Å²) in [5.74, 6) is 0.266. The third-order valence-electron chi connectivity index (χ3n) is 3.81. The summed E-state index contributed by atoms with van der Waals surface area (Å²) < 4.78 is 12.9. The molecule has 120 valence electrons. The van der Waals surface area contributed by atoms with Crippen LogP contribution in [0.4, 0.5) is 0 Å². The summed E-state index contributed by atoms with van der Waals surface area (Å²) in [5.41, 5.74) is 1.60. The fourth-order valence-electron chi connectivity index (χ4n) is 2.68. The first kappa shape index (κ1) is 14.4. The van der Waals surface area contributed by atoms with Crippen molar-refractivity contribution in [3.8, 4) is 5.75 Å². The quantitative estimate of drug-likeness (QED) is 0.415. The second kappa shape index (κ2) is 6.16. The highest BCUT2D eigenvalue weighted by Crippen LogP contribution is 2.31. The van der Waals surface area contributed by atoms with Crippen molar-refractivity contribution in [3.63, 3.8) is 0 Å². The zero-order valence-electron chi connectivity index (χ0n) is 12.9. The fraction of sp³-hybridized carbons (Fsp3) is 0.167. The van der Waals surface area contributed by atoms with Crippen molar-refractivity contribution in [3.05, 3.63) is 55.1 Å². The minimum atomic E-state index is -0.262. The van der Waals surface area contributed by atoms with Crippen LogP contribution in [0.1, 0.15) is 12.8 Å². The number of nitrogens with zero attached hydrogens (tertiary/aromatic N) is 3. The van der Waals surface area contributed by atoms with E-state index in [4.69, 9.17) is 9.15 Å². The van der Waals surface area contributed by atoms with Crippen molar-refractivity contribution in [2.45, 2.75) is 19.4 Å². The molecule has 0 aliphatic rings. The van der Waals surface area contributed by atoms with Gasteiger partial charge >= 0.3 is 5.97 Å². The standard InChI is InChI=1S/C18H15N3O3/c22-18(6-3-9-21-12-19-11-20-21)23-13-7-8-17-15(10-13)14-4-1-2-5-16(14)24-17/h1-2,4-5,7-8,10-12H,3,6,9H2. The Morgan fingerprint density at radius 3 is 2.88 bits per heavy atom. The Hall–Kier alpha value is -3.15. The Morgan fingerprint density at radius 1 is 1.12 bits per heavy atom. The molecule has 0 unspecified atom stereocenters. The summed E-state index contributed by atoms with van der Waals surface area (Å²) in [4.78, 5) is 15.9. The number of para-hydroxylation sites is 1. The molecule has 4 rings (SSSR count). The fourth-order valence-corrected chi connectivity index (χ4v) is 2.68. The number of carbonyl (C=O) groups is 1. The topological polar surface area (TPSA) is 70.2 Å². The predicted molar refractivity (Wildman–Crippen MR) is 88.6 cm³/mol. The minimum absolute atomic E-state index is 0.262. The number of aromatic nitrogens is 3. The number of carbonyl (C=O) groups excluding carboxylic acids is 1. The molecule has 0 radical (unpaired) electrons. The van der Waals surface area contributed by atoms with Gasteiger partial charge in [-0.05, 0) is 30.7 Å². The van der Waals surface area contributed by atoms with Crippen LogP contribution in [0, 0.1) is 0 Å². The number of aryl methyl sites for hydroxylation is 1. The average molecular weight is 321 g/mol. The number of ether oxygens (including phenoxy) is 1. The molecule has 0 spiro atoms. The van der Waals surface area contributed by atoms with Gasteiger partial charge in [0.05, 0.1) is 0 Å². The van der Waals surface area contributed by atoms with Gasteiger partial charge in [0.15, 0.2) is 0 Å². The highest BCUT2D eigenvalue weighted by Gasteiger charge is 2.10. The lowest BCUT2D eigenvalue weighted by Gasteiger charge is -2.04. The van der Waals surface area contributed by atoms with Crippen LogP contribution in [0.15, 0.2) is 59.5 Å². The van der Waals surface area contributed by atoms with Crippen molar-refractivity contribution in [1.29, 1.82) is 0 Å². The molecule has 0 saturated heterocycles. The first-order chi connectivity index (χ1) is 11.8. The summed E-state index contributed by atoms with van der Waals surface area (Å²) in [7, 11) is 0. The number of esters is 1. The third kappa shape index (κ3) is 2.86. The number of rotatable bonds is 5. The van der Waals surface area contributed by atoms with E-state index in [-0.39, 0.29) is 5.97 Å². The smallest absolute Gasteiger partial charge is 0.311 e. The Balaban J connectivity index is 1.45. The number of benzene rings is 2. The molecule has 0 aliphatic heterocycles. The molecule has 0 saturated carbocycles. The summed E-state index contributed by atoms with van der Waals surface area (Å²) in [6.45, 7) is 0.639. The molecule has 0 N–H and O–H groups in total. The number of fused-ring (bicyclic) bond motifs is 3. The monoisotopic (exact) mass is 321 g/mol. The zero-order valence-corrected chi connectivity index (χ0v) is 12.9. The van der Waals surface area contributed by atoms with Crippen LogP contribution in [0.2, 0.25) is 0 Å². The van der Waals surface area contributed by atoms with Crippen molar-refractivity contribution in [2.24, 2.45) is 0 Å². The Morgan fingerprint density at radius 2 is 2.00 bits per heavy atom. The molecular formula is C18H15N3O3. The van der Waals surface area contributed by atoms with Gasteiger partial charge in [-0.25, -0.2) is 4.98 Å². The maximum Gasteiger partial charge on any atom is 0.311 e. The maximum atomic E-state index is 12.0. The minimum Gasteiger partial charge on any atom is -0.456 e. The van der Waals surface area contributed by atoms with Crippen molar-refractivity contribution >= 4 is 27.9 Å². The van der Waals surface area contributed by atoms with Crippen LogP contribution in [0.5, 0.6) is 5.75 Å². The Kier molecular flexibility index (Phi) is 3.70. The van der Waals surface area contributed by atoms with E-state index in [1.165, 1.54) is 6.33 Å². The molecule has 2 aromatic heterocycles. The molecule has 6 nitrogen and oxygen atoms in total. The van der Waals surface area contributed by atoms with Crippen LogP contribution in [-0.2, 0) is 11.3 Å². The lowest BCUT2D eigenvalue weighted by molar-refractivity contribution is -0.134. The van der Waals surface area contributed by atoms with Gasteiger partial charge in [0.2, 0.25) is 0 Å². The lowest BCUT2D eigenvalue weighted by Crippen LogP contribution is -2.09. The van der Waals surface area contributed by atoms with Gasteiger partial charge in [0, 0.05) is 23.7 Å². The van der Waals surface area contributed by atoms with Gasteiger partial charge in [-0.15, -0.1) is 0 Å². The van der Waals surface area contributed by atoms with Crippen LogP contribution in [0.3, 0.4) is 0 Å². The molecular weight excluding hydrogens is 306 g/mol. The van der Waals surface area contributed by atoms with Gasteiger partial charge < -0.3 is 9.15 Å². The predicted octanol–water partition coefficient (Wildman–Crippen LogP) is 3.56. The van der Waals surface area contributed by atoms with Crippen LogP contribution in [0.25, 0.3) is 21.9 Å². The van der Waals surface area contributed by atoms with Gasteiger partial charge in [-0.2, -0.15) is 5.10 Å². The van der Waals surface area contributed by atoms with Gasteiger partial charge in [0.1, 0.15) is 29.6 Å². The summed E-state index contributed by atoms with van der Waals surface area (Å²) in [6, 6.07) is 13.2. The van der Waals surface area contributed by atoms with E-state index in [0.717, 1.165) is 21.9 Å². The molecule has 24 heavy (non-hydrogen) atoms. The largest absolute Gasteiger partial charge is 0.456 e. The van der Waals surface area contributed by atoms with Gasteiger partial charge in [-0.3, -0.25) is 9.48 Å². The maximum absolute atomic E-state index is 12.0. The summed E-state index contributed by atoms with van der Waals surface area (Å²) in [5, 5.41) is 5.95.